The van der Waals surface area contributed by atoms with Crippen LogP contribution in [-0.2, 0) is 21.3 Å². The maximum Gasteiger partial charge on any atom is 0.241 e. The smallest absolute Gasteiger partial charge is 0.241 e. The van der Waals surface area contributed by atoms with E-state index in [0.29, 0.717) is 37.3 Å². The summed E-state index contributed by atoms with van der Waals surface area (Å²) in [6.07, 6.45) is 2.92. The van der Waals surface area contributed by atoms with Crippen LogP contribution in [0.4, 0.5) is 0 Å². The number of para-hydroxylation sites is 1. The Bertz CT molecular complexity index is 1230. The van der Waals surface area contributed by atoms with Gasteiger partial charge >= 0.3 is 0 Å². The van der Waals surface area contributed by atoms with Crippen LogP contribution >= 0.6 is 0 Å². The van der Waals surface area contributed by atoms with E-state index < -0.39 is 22.2 Å². The topological polar surface area (TPSA) is 125 Å². The van der Waals surface area contributed by atoms with Gasteiger partial charge in [0, 0.05) is 18.2 Å². The van der Waals surface area contributed by atoms with E-state index in [4.69, 9.17) is 14.2 Å². The zero-order valence-electron chi connectivity index (χ0n) is 19.7. The van der Waals surface area contributed by atoms with Crippen molar-refractivity contribution in [3.05, 3.63) is 54.7 Å². The minimum Gasteiger partial charge on any atom is -0.497 e. The average molecular weight is 503 g/mol. The van der Waals surface area contributed by atoms with Crippen LogP contribution in [0.2, 0.25) is 0 Å². The van der Waals surface area contributed by atoms with Crippen LogP contribution in [0.15, 0.2) is 59.6 Å². The molecule has 188 valence electrons. The van der Waals surface area contributed by atoms with Crippen molar-refractivity contribution in [2.75, 3.05) is 20.8 Å². The molecule has 10 nitrogen and oxygen atoms in total. The Morgan fingerprint density at radius 2 is 1.97 bits per heavy atom. The lowest BCUT2D eigenvalue weighted by atomic mass is 9.98. The number of benzene rings is 2. The third kappa shape index (κ3) is 5.99. The molecule has 0 saturated carbocycles. The highest BCUT2D eigenvalue weighted by Crippen LogP contribution is 2.28. The molecule has 1 aliphatic rings. The number of aliphatic hydroxyl groups excluding tert-OH is 1. The highest BCUT2D eigenvalue weighted by atomic mass is 32.2. The van der Waals surface area contributed by atoms with Crippen LogP contribution in [0, 0.1) is 0 Å². The summed E-state index contributed by atoms with van der Waals surface area (Å²) in [5, 5.41) is 18.3. The molecule has 0 amide bonds. The maximum absolute atomic E-state index is 12.9. The van der Waals surface area contributed by atoms with E-state index in [2.05, 4.69) is 15.0 Å². The summed E-state index contributed by atoms with van der Waals surface area (Å²) < 4.78 is 46.7. The zero-order chi connectivity index (χ0) is 24.8. The van der Waals surface area contributed by atoms with Crippen molar-refractivity contribution in [1.82, 2.24) is 19.7 Å². The molecule has 3 atom stereocenters. The number of sulfonamides is 1. The van der Waals surface area contributed by atoms with Gasteiger partial charge in [0.1, 0.15) is 17.2 Å². The number of ether oxygens (including phenoxy) is 3. The molecule has 4 rings (SSSR count). The van der Waals surface area contributed by atoms with E-state index >= 15 is 0 Å². The molecular weight excluding hydrogens is 472 g/mol. The van der Waals surface area contributed by atoms with Gasteiger partial charge in [0.25, 0.3) is 0 Å². The monoisotopic (exact) mass is 502 g/mol. The molecule has 0 aliphatic carbocycles. The summed E-state index contributed by atoms with van der Waals surface area (Å²) in [6, 6.07) is 13.3. The maximum atomic E-state index is 12.9. The van der Waals surface area contributed by atoms with Crippen molar-refractivity contribution in [2.24, 2.45) is 0 Å². The van der Waals surface area contributed by atoms with Gasteiger partial charge in [-0.15, -0.1) is 5.10 Å². The molecule has 2 N–H and O–H groups in total. The average Bonchev–Trinajstić information content (AvgIpc) is 3.36. The number of aryl methyl sites for hydroxylation is 1. The SMILES string of the molecule is COc1cccc(S(=O)(=O)N[C@H]2CC[C@H](CCn3cc(-c4ccccc4OC)nn3)O[C@@H]2CO)c1. The molecule has 3 aromatic rings. The Balaban J connectivity index is 1.35. The van der Waals surface area contributed by atoms with E-state index in [-0.39, 0.29) is 17.6 Å². The molecule has 1 fully saturated rings. The molecule has 1 aliphatic heterocycles. The van der Waals surface area contributed by atoms with Crippen molar-refractivity contribution in [3.63, 3.8) is 0 Å². The second kappa shape index (κ2) is 11.2. The second-order valence-electron chi connectivity index (χ2n) is 8.32. The molecule has 0 radical (unpaired) electrons. The van der Waals surface area contributed by atoms with Crippen molar-refractivity contribution in [1.29, 1.82) is 0 Å². The van der Waals surface area contributed by atoms with Crippen molar-refractivity contribution < 1.29 is 27.7 Å². The number of hydrogen-bond acceptors (Lipinski definition) is 8. The van der Waals surface area contributed by atoms with E-state index in [9.17, 15) is 13.5 Å². The Morgan fingerprint density at radius 1 is 1.14 bits per heavy atom. The van der Waals surface area contributed by atoms with Gasteiger partial charge in [0.2, 0.25) is 10.0 Å². The van der Waals surface area contributed by atoms with Crippen LogP contribution in [0.5, 0.6) is 11.5 Å². The van der Waals surface area contributed by atoms with Gasteiger partial charge in [-0.05, 0) is 43.5 Å². The molecule has 0 bridgehead atoms. The van der Waals surface area contributed by atoms with Gasteiger partial charge in [-0.3, -0.25) is 4.68 Å². The predicted octanol–water partition coefficient (Wildman–Crippen LogP) is 2.24. The van der Waals surface area contributed by atoms with Gasteiger partial charge in [-0.2, -0.15) is 0 Å². The second-order valence-corrected chi connectivity index (χ2v) is 10.0. The predicted molar refractivity (Wildman–Crippen MR) is 129 cm³/mol. The van der Waals surface area contributed by atoms with Crippen LogP contribution in [0.25, 0.3) is 11.3 Å². The van der Waals surface area contributed by atoms with Crippen molar-refractivity contribution in [3.8, 4) is 22.8 Å². The van der Waals surface area contributed by atoms with Gasteiger partial charge < -0.3 is 19.3 Å². The Morgan fingerprint density at radius 3 is 2.74 bits per heavy atom. The largest absolute Gasteiger partial charge is 0.497 e. The number of nitrogens with one attached hydrogen (secondary N) is 1. The molecule has 2 heterocycles. The Labute approximate surface area is 204 Å². The number of methoxy groups -OCH3 is 2. The van der Waals surface area contributed by atoms with Gasteiger partial charge in [0.15, 0.2) is 0 Å². The highest BCUT2D eigenvalue weighted by Gasteiger charge is 2.34. The summed E-state index contributed by atoms with van der Waals surface area (Å²) >= 11 is 0. The molecule has 35 heavy (non-hydrogen) atoms. The normalized spacial score (nSPS) is 20.5. The fourth-order valence-electron chi connectivity index (χ4n) is 4.18. The van der Waals surface area contributed by atoms with E-state index in [1.165, 1.54) is 19.2 Å². The molecule has 2 aromatic carbocycles. The van der Waals surface area contributed by atoms with E-state index in [1.807, 2.05) is 30.5 Å². The minimum atomic E-state index is -3.79. The third-order valence-corrected chi connectivity index (χ3v) is 7.54. The first-order valence-electron chi connectivity index (χ1n) is 11.4. The lowest BCUT2D eigenvalue weighted by Gasteiger charge is -2.36. The van der Waals surface area contributed by atoms with Crippen LogP contribution in [-0.4, -0.2) is 67.6 Å². The lowest BCUT2D eigenvalue weighted by Crippen LogP contribution is -2.50. The summed E-state index contributed by atoms with van der Waals surface area (Å²) in [5.74, 6) is 1.18. The van der Waals surface area contributed by atoms with Crippen molar-refractivity contribution >= 4 is 10.0 Å². The van der Waals surface area contributed by atoms with Crippen molar-refractivity contribution in [2.45, 2.75) is 49.0 Å². The first kappa shape index (κ1) is 25.1. The third-order valence-electron chi connectivity index (χ3n) is 6.06. The van der Waals surface area contributed by atoms with Gasteiger partial charge in [-0.25, -0.2) is 13.1 Å². The molecule has 0 unspecified atom stereocenters. The number of rotatable bonds is 10. The highest BCUT2D eigenvalue weighted by molar-refractivity contribution is 7.89. The molecule has 11 heteroatoms. The summed E-state index contributed by atoms with van der Waals surface area (Å²) in [7, 11) is -0.694. The Kier molecular flexibility index (Phi) is 8.01. The number of aromatic nitrogens is 3. The minimum absolute atomic E-state index is 0.104. The van der Waals surface area contributed by atoms with Gasteiger partial charge in [-0.1, -0.05) is 23.4 Å². The standard InChI is InChI=1S/C24H30N4O6S/c1-32-18-6-5-7-19(14-18)35(30,31)26-21-11-10-17(34-24(21)16-29)12-13-28-15-22(25-27-28)20-8-3-4-9-23(20)33-2/h3-9,14-15,17,21,24,26,29H,10-13,16H2,1-2H3/t17-,21+,24-/m1/s1. The number of nitrogens with zero attached hydrogens (tertiary/aromatic N) is 3. The van der Waals surface area contributed by atoms with Crippen LogP contribution in [0.3, 0.4) is 0 Å². The molecular formula is C24H30N4O6S. The molecule has 1 aromatic heterocycles. The number of hydrogen-bond donors (Lipinski definition) is 2. The van der Waals surface area contributed by atoms with Crippen LogP contribution < -0.4 is 14.2 Å². The quantitative estimate of drug-likeness (QED) is 0.433. The Hall–Kier alpha value is -2.99. The fourth-order valence-corrected chi connectivity index (χ4v) is 5.51. The first-order valence-corrected chi connectivity index (χ1v) is 12.9. The molecule has 1 saturated heterocycles. The lowest BCUT2D eigenvalue weighted by molar-refractivity contribution is -0.0891. The van der Waals surface area contributed by atoms with E-state index in [1.54, 1.807) is 23.9 Å². The summed E-state index contributed by atoms with van der Waals surface area (Å²) in [6.45, 7) is 0.286. The van der Waals surface area contributed by atoms with Gasteiger partial charge in [0.05, 0.1) is 50.2 Å². The first-order chi connectivity index (χ1) is 16.9. The summed E-state index contributed by atoms with van der Waals surface area (Å²) in [4.78, 5) is 0.104. The zero-order valence-corrected chi connectivity index (χ0v) is 20.5. The summed E-state index contributed by atoms with van der Waals surface area (Å²) in [5.41, 5.74) is 1.58. The molecule has 0 spiro atoms. The fraction of sp³-hybridized carbons (Fsp3) is 0.417. The van der Waals surface area contributed by atoms with E-state index in [0.717, 1.165) is 11.3 Å². The van der Waals surface area contributed by atoms with Crippen LogP contribution in [0.1, 0.15) is 19.3 Å². The number of aliphatic hydroxyl groups is 1.